The fourth-order valence-electron chi connectivity index (χ4n) is 3.38. The van der Waals surface area contributed by atoms with E-state index in [2.05, 4.69) is 65.7 Å². The average molecular weight is 297 g/mol. The number of rotatable bonds is 4. The van der Waals surface area contributed by atoms with E-state index in [-0.39, 0.29) is 0 Å². The van der Waals surface area contributed by atoms with Crippen molar-refractivity contribution in [1.82, 2.24) is 14.5 Å². The highest BCUT2D eigenvalue weighted by molar-refractivity contribution is 5.56. The second-order valence-electron chi connectivity index (χ2n) is 6.65. The van der Waals surface area contributed by atoms with Crippen LogP contribution in [0.4, 0.5) is 0 Å². The first-order valence-corrected chi connectivity index (χ1v) is 8.54. The van der Waals surface area contributed by atoms with Crippen LogP contribution in [-0.2, 0) is 0 Å². The molecular weight excluding hydrogens is 270 g/mol. The van der Waals surface area contributed by atoms with Crippen molar-refractivity contribution in [1.29, 1.82) is 0 Å². The number of nitrogens with zero attached hydrogens (tertiary/aromatic N) is 3. The molecule has 0 radical (unpaired) electrons. The van der Waals surface area contributed by atoms with Crippen molar-refractivity contribution in [2.24, 2.45) is 0 Å². The number of likely N-dealkylation sites (tertiary alicyclic amines) is 1. The summed E-state index contributed by atoms with van der Waals surface area (Å²) in [6.45, 7) is 9.19. The van der Waals surface area contributed by atoms with E-state index in [1.54, 1.807) is 0 Å². The molecule has 0 N–H and O–H groups in total. The van der Waals surface area contributed by atoms with Gasteiger partial charge in [-0.2, -0.15) is 0 Å². The lowest BCUT2D eigenvalue weighted by Crippen LogP contribution is -2.32. The lowest BCUT2D eigenvalue weighted by molar-refractivity contribution is 0.175. The fraction of sp³-hybridized carbons (Fsp3) is 0.526. The van der Waals surface area contributed by atoms with Crippen LogP contribution in [0.2, 0.25) is 0 Å². The Bertz CT molecular complexity index is 591. The van der Waals surface area contributed by atoms with Crippen LogP contribution in [0.25, 0.3) is 11.4 Å². The second kappa shape index (κ2) is 6.66. The van der Waals surface area contributed by atoms with Crippen LogP contribution < -0.4 is 0 Å². The minimum atomic E-state index is 0.435. The van der Waals surface area contributed by atoms with E-state index in [0.29, 0.717) is 12.1 Å². The normalized spacial score (nSPS) is 17.8. The number of aromatic nitrogens is 2. The molecule has 118 valence electrons. The molecule has 0 spiro atoms. The van der Waals surface area contributed by atoms with Crippen LogP contribution in [0.1, 0.15) is 57.7 Å². The number of imidazole rings is 1. The van der Waals surface area contributed by atoms with Crippen molar-refractivity contribution < 1.29 is 0 Å². The van der Waals surface area contributed by atoms with Crippen molar-refractivity contribution in [2.75, 3.05) is 13.1 Å². The monoisotopic (exact) mass is 297 g/mol. The van der Waals surface area contributed by atoms with Crippen LogP contribution in [0.15, 0.2) is 36.7 Å². The molecule has 3 rings (SSSR count). The summed E-state index contributed by atoms with van der Waals surface area (Å²) in [5.41, 5.74) is 2.61. The maximum atomic E-state index is 4.52. The third-order valence-electron chi connectivity index (χ3n) is 4.81. The summed E-state index contributed by atoms with van der Waals surface area (Å²) in [7, 11) is 0. The topological polar surface area (TPSA) is 21.1 Å². The smallest absolute Gasteiger partial charge is 0.140 e. The zero-order valence-electron chi connectivity index (χ0n) is 14.0. The minimum Gasteiger partial charge on any atom is -0.328 e. The summed E-state index contributed by atoms with van der Waals surface area (Å²) in [5.74, 6) is 1.06. The van der Waals surface area contributed by atoms with Gasteiger partial charge in [-0.15, -0.1) is 0 Å². The van der Waals surface area contributed by atoms with E-state index >= 15 is 0 Å². The Kier molecular flexibility index (Phi) is 4.63. The minimum absolute atomic E-state index is 0.435. The Balaban J connectivity index is 1.78. The molecule has 3 heteroatoms. The lowest BCUT2D eigenvalue weighted by atomic mass is 10.0. The van der Waals surface area contributed by atoms with Gasteiger partial charge >= 0.3 is 0 Å². The van der Waals surface area contributed by atoms with E-state index in [4.69, 9.17) is 0 Å². The van der Waals surface area contributed by atoms with Gasteiger partial charge in [-0.25, -0.2) is 4.98 Å². The molecule has 1 atom stereocenters. The van der Waals surface area contributed by atoms with Gasteiger partial charge in [0.05, 0.1) is 0 Å². The highest BCUT2D eigenvalue weighted by Gasteiger charge is 2.18. The van der Waals surface area contributed by atoms with E-state index in [9.17, 15) is 0 Å². The van der Waals surface area contributed by atoms with Crippen LogP contribution in [0, 0.1) is 0 Å². The Hall–Kier alpha value is -1.61. The summed E-state index contributed by atoms with van der Waals surface area (Å²) < 4.78 is 2.23. The van der Waals surface area contributed by atoms with Gasteiger partial charge in [0.1, 0.15) is 5.82 Å². The highest BCUT2D eigenvalue weighted by Crippen LogP contribution is 2.27. The summed E-state index contributed by atoms with van der Waals surface area (Å²) in [4.78, 5) is 7.13. The molecule has 1 aromatic carbocycles. The van der Waals surface area contributed by atoms with Gasteiger partial charge in [0, 0.05) is 30.0 Å². The van der Waals surface area contributed by atoms with Crippen molar-refractivity contribution in [3.8, 4) is 11.4 Å². The van der Waals surface area contributed by atoms with Crippen molar-refractivity contribution >= 4 is 0 Å². The zero-order chi connectivity index (χ0) is 15.5. The Morgan fingerprint density at radius 1 is 0.955 bits per heavy atom. The number of benzene rings is 1. The summed E-state index contributed by atoms with van der Waals surface area (Å²) in [6, 6.07) is 9.93. The molecule has 0 saturated carbocycles. The zero-order valence-corrected chi connectivity index (χ0v) is 14.0. The van der Waals surface area contributed by atoms with E-state index < -0.39 is 0 Å². The summed E-state index contributed by atoms with van der Waals surface area (Å²) in [5, 5.41) is 0. The maximum absolute atomic E-state index is 4.52. The molecule has 1 aliphatic rings. The molecule has 0 aliphatic carbocycles. The largest absolute Gasteiger partial charge is 0.328 e. The first kappa shape index (κ1) is 15.3. The molecule has 1 fully saturated rings. The van der Waals surface area contributed by atoms with Gasteiger partial charge in [0.15, 0.2) is 0 Å². The summed E-state index contributed by atoms with van der Waals surface area (Å²) in [6.07, 6.45) is 8.02. The summed E-state index contributed by atoms with van der Waals surface area (Å²) >= 11 is 0. The Morgan fingerprint density at radius 2 is 1.64 bits per heavy atom. The Morgan fingerprint density at radius 3 is 2.27 bits per heavy atom. The Labute approximate surface area is 134 Å². The van der Waals surface area contributed by atoms with E-state index in [1.165, 1.54) is 43.5 Å². The van der Waals surface area contributed by atoms with Crippen LogP contribution in [0.5, 0.6) is 0 Å². The van der Waals surface area contributed by atoms with Crippen molar-refractivity contribution in [3.63, 3.8) is 0 Å². The van der Waals surface area contributed by atoms with E-state index in [1.807, 2.05) is 6.20 Å². The average Bonchev–Trinajstić information content (AvgIpc) is 3.05. The van der Waals surface area contributed by atoms with Crippen molar-refractivity contribution in [2.45, 2.75) is 52.1 Å². The standard InChI is InChI=1S/C19H27N3/c1-15(2)22-14-11-20-19(22)18-9-7-17(8-10-18)16(3)21-12-5-4-6-13-21/h7-11,14-16H,4-6,12-13H2,1-3H3/t16-/m1/s1. The molecule has 1 aliphatic heterocycles. The van der Waals surface area contributed by atoms with Gasteiger partial charge in [0.2, 0.25) is 0 Å². The van der Waals surface area contributed by atoms with Gasteiger partial charge in [-0.05, 0) is 52.3 Å². The van der Waals surface area contributed by atoms with Crippen LogP contribution in [0.3, 0.4) is 0 Å². The van der Waals surface area contributed by atoms with Gasteiger partial charge in [0.25, 0.3) is 0 Å². The molecule has 0 unspecified atom stereocenters. The molecular formula is C19H27N3. The first-order valence-electron chi connectivity index (χ1n) is 8.54. The number of hydrogen-bond donors (Lipinski definition) is 0. The highest BCUT2D eigenvalue weighted by atomic mass is 15.2. The van der Waals surface area contributed by atoms with Crippen molar-refractivity contribution in [3.05, 3.63) is 42.2 Å². The molecule has 1 saturated heterocycles. The van der Waals surface area contributed by atoms with Crippen LogP contribution in [-0.4, -0.2) is 27.5 Å². The van der Waals surface area contributed by atoms with Crippen LogP contribution >= 0.6 is 0 Å². The molecule has 22 heavy (non-hydrogen) atoms. The lowest BCUT2D eigenvalue weighted by Gasteiger charge is -2.32. The second-order valence-corrected chi connectivity index (χ2v) is 6.65. The third kappa shape index (κ3) is 3.09. The molecule has 3 nitrogen and oxygen atoms in total. The molecule has 1 aromatic heterocycles. The molecule has 2 aromatic rings. The first-order chi connectivity index (χ1) is 10.7. The molecule has 0 bridgehead atoms. The third-order valence-corrected chi connectivity index (χ3v) is 4.81. The van der Waals surface area contributed by atoms with Gasteiger partial charge in [-0.3, -0.25) is 4.90 Å². The SMILES string of the molecule is CC(C)n1ccnc1-c1ccc([C@@H](C)N2CCCCC2)cc1. The van der Waals surface area contributed by atoms with Gasteiger partial charge < -0.3 is 4.57 Å². The predicted octanol–water partition coefficient (Wildman–Crippen LogP) is 4.68. The quantitative estimate of drug-likeness (QED) is 0.817. The molecule has 0 amide bonds. The maximum Gasteiger partial charge on any atom is 0.140 e. The van der Waals surface area contributed by atoms with E-state index in [0.717, 1.165) is 5.82 Å². The number of piperidine rings is 1. The predicted molar refractivity (Wildman–Crippen MR) is 91.9 cm³/mol. The molecule has 2 heterocycles. The number of hydrogen-bond acceptors (Lipinski definition) is 2. The fourth-order valence-corrected chi connectivity index (χ4v) is 3.38. The van der Waals surface area contributed by atoms with Gasteiger partial charge in [-0.1, -0.05) is 30.7 Å².